The fourth-order valence-corrected chi connectivity index (χ4v) is 6.95. The zero-order valence-corrected chi connectivity index (χ0v) is 24.2. The van der Waals surface area contributed by atoms with Crippen molar-refractivity contribution in [1.29, 1.82) is 0 Å². The number of fused-ring (bicyclic) bond motifs is 6. The summed E-state index contributed by atoms with van der Waals surface area (Å²) in [6.45, 7) is 0. The zero-order valence-electron chi connectivity index (χ0n) is 24.2. The third kappa shape index (κ3) is 4.11. The summed E-state index contributed by atoms with van der Waals surface area (Å²) in [7, 11) is 0. The van der Waals surface area contributed by atoms with E-state index in [1.165, 1.54) is 44.0 Å². The van der Waals surface area contributed by atoms with E-state index in [1.807, 2.05) is 12.1 Å². The number of hydrogen-bond acceptors (Lipinski definition) is 2. The molecule has 2 aliphatic carbocycles. The summed E-state index contributed by atoms with van der Waals surface area (Å²) >= 11 is 0. The van der Waals surface area contributed by atoms with E-state index in [-0.39, 0.29) is 0 Å². The SMILES string of the molecule is C1=CC2=CC(N(c3ccccc3)c3ccc4cc5oc6ccccc6c5cc4c3)=C(c3ccc4ccccc4c3)CC2C=C1. The molecule has 0 bridgehead atoms. The molecule has 1 aromatic heterocycles. The summed E-state index contributed by atoms with van der Waals surface area (Å²) in [4.78, 5) is 2.44. The molecule has 0 fully saturated rings. The molecule has 0 saturated carbocycles. The molecule has 2 aliphatic rings. The predicted octanol–water partition coefficient (Wildman–Crippen LogP) is 11.5. The van der Waals surface area contributed by atoms with Crippen LogP contribution in [0.1, 0.15) is 12.0 Å². The molecule has 7 aromatic rings. The van der Waals surface area contributed by atoms with Crippen molar-refractivity contribution in [3.8, 4) is 0 Å². The number of allylic oxidation sites excluding steroid dienone is 7. The Morgan fingerprint density at radius 2 is 1.36 bits per heavy atom. The van der Waals surface area contributed by atoms with E-state index < -0.39 is 0 Å². The Morgan fingerprint density at radius 3 is 2.30 bits per heavy atom. The number of hydrogen-bond donors (Lipinski definition) is 0. The highest BCUT2D eigenvalue weighted by Gasteiger charge is 2.27. The van der Waals surface area contributed by atoms with Gasteiger partial charge in [0.15, 0.2) is 0 Å². The third-order valence-corrected chi connectivity index (χ3v) is 9.14. The lowest BCUT2D eigenvalue weighted by Gasteiger charge is -2.34. The number of benzene rings is 6. The van der Waals surface area contributed by atoms with Crippen LogP contribution in [-0.2, 0) is 0 Å². The molecule has 6 aromatic carbocycles. The standard InChI is InChI=1S/C42H29NO/c1-2-14-35(15-3-1)43(36-21-20-32-27-42-39(25-34(32)23-36)37-16-8-9-17-41(37)44-42)40-26-31-13-7-6-12-30(31)24-38(40)33-19-18-28-10-4-5-11-29(28)22-33/h1-23,25-27,30H,24H2. The summed E-state index contributed by atoms with van der Waals surface area (Å²) in [6, 6.07) is 45.9. The lowest BCUT2D eigenvalue weighted by Crippen LogP contribution is -2.21. The molecule has 1 heterocycles. The Kier molecular flexibility index (Phi) is 5.67. The number of anilines is 2. The Balaban J connectivity index is 1.29. The first kappa shape index (κ1) is 24.9. The fourth-order valence-electron chi connectivity index (χ4n) is 6.95. The molecule has 2 heteroatoms. The normalized spacial score (nSPS) is 16.2. The van der Waals surface area contributed by atoms with Crippen molar-refractivity contribution in [3.05, 3.63) is 175 Å². The molecule has 0 radical (unpaired) electrons. The van der Waals surface area contributed by atoms with E-state index in [0.29, 0.717) is 5.92 Å². The van der Waals surface area contributed by atoms with Gasteiger partial charge in [0, 0.05) is 28.1 Å². The van der Waals surface area contributed by atoms with Crippen LogP contribution in [0.3, 0.4) is 0 Å². The summed E-state index contributed by atoms with van der Waals surface area (Å²) < 4.78 is 6.21. The van der Waals surface area contributed by atoms with E-state index in [2.05, 4.69) is 151 Å². The minimum Gasteiger partial charge on any atom is -0.456 e. The molecule has 2 nitrogen and oxygen atoms in total. The molecule has 0 N–H and O–H groups in total. The molecular weight excluding hydrogens is 534 g/mol. The van der Waals surface area contributed by atoms with Gasteiger partial charge in [0.1, 0.15) is 11.2 Å². The number of nitrogens with zero attached hydrogens (tertiary/aromatic N) is 1. The van der Waals surface area contributed by atoms with E-state index in [9.17, 15) is 0 Å². The highest BCUT2D eigenvalue weighted by Crippen LogP contribution is 2.44. The lowest BCUT2D eigenvalue weighted by atomic mass is 9.80. The van der Waals surface area contributed by atoms with E-state index in [0.717, 1.165) is 39.7 Å². The Morgan fingerprint density at radius 1 is 0.568 bits per heavy atom. The Bertz CT molecular complexity index is 2370. The van der Waals surface area contributed by atoms with Gasteiger partial charge in [0.2, 0.25) is 0 Å². The maximum atomic E-state index is 6.21. The summed E-state index contributed by atoms with van der Waals surface area (Å²) in [6.07, 6.45) is 12.3. The van der Waals surface area contributed by atoms with Crippen LogP contribution in [0, 0.1) is 5.92 Å². The zero-order chi connectivity index (χ0) is 29.0. The largest absolute Gasteiger partial charge is 0.456 e. The summed E-state index contributed by atoms with van der Waals surface area (Å²) in [5.74, 6) is 0.363. The van der Waals surface area contributed by atoms with Crippen LogP contribution in [-0.4, -0.2) is 0 Å². The van der Waals surface area contributed by atoms with Crippen molar-refractivity contribution in [3.63, 3.8) is 0 Å². The van der Waals surface area contributed by atoms with Crippen LogP contribution in [0.15, 0.2) is 173 Å². The van der Waals surface area contributed by atoms with Gasteiger partial charge in [-0.05, 0) is 99.3 Å². The van der Waals surface area contributed by atoms with E-state index in [4.69, 9.17) is 4.42 Å². The minimum atomic E-state index is 0.363. The lowest BCUT2D eigenvalue weighted by molar-refractivity contribution is 0.669. The summed E-state index contributed by atoms with van der Waals surface area (Å²) in [5.41, 5.74) is 9.30. The first-order valence-corrected chi connectivity index (χ1v) is 15.3. The first-order chi connectivity index (χ1) is 21.8. The topological polar surface area (TPSA) is 16.4 Å². The maximum absolute atomic E-state index is 6.21. The van der Waals surface area contributed by atoms with Crippen molar-refractivity contribution in [2.24, 2.45) is 5.92 Å². The quantitative estimate of drug-likeness (QED) is 0.212. The molecule has 1 atom stereocenters. The van der Waals surface area contributed by atoms with Crippen LogP contribution in [0.25, 0.3) is 49.1 Å². The average molecular weight is 564 g/mol. The van der Waals surface area contributed by atoms with Gasteiger partial charge in [-0.2, -0.15) is 0 Å². The van der Waals surface area contributed by atoms with E-state index in [1.54, 1.807) is 0 Å². The van der Waals surface area contributed by atoms with Crippen molar-refractivity contribution >= 4 is 60.4 Å². The monoisotopic (exact) mass is 563 g/mol. The molecule has 0 spiro atoms. The van der Waals surface area contributed by atoms with Gasteiger partial charge in [-0.15, -0.1) is 0 Å². The van der Waals surface area contributed by atoms with Crippen molar-refractivity contribution < 1.29 is 4.42 Å². The van der Waals surface area contributed by atoms with Crippen LogP contribution in [0.4, 0.5) is 11.4 Å². The predicted molar refractivity (Wildman–Crippen MR) is 185 cm³/mol. The average Bonchev–Trinajstić information content (AvgIpc) is 3.44. The number of rotatable bonds is 4. The number of para-hydroxylation sites is 2. The van der Waals surface area contributed by atoms with Crippen LogP contribution < -0.4 is 4.90 Å². The number of furan rings is 1. The van der Waals surface area contributed by atoms with E-state index >= 15 is 0 Å². The van der Waals surface area contributed by atoms with Gasteiger partial charge in [0.05, 0.1) is 5.70 Å². The molecular formula is C42H29NO. The highest BCUT2D eigenvalue weighted by molar-refractivity contribution is 6.10. The fraction of sp³-hybridized carbons (Fsp3) is 0.0476. The van der Waals surface area contributed by atoms with Gasteiger partial charge in [-0.3, -0.25) is 0 Å². The van der Waals surface area contributed by atoms with Gasteiger partial charge >= 0.3 is 0 Å². The Labute approximate surface area is 256 Å². The first-order valence-electron chi connectivity index (χ1n) is 15.3. The second-order valence-corrected chi connectivity index (χ2v) is 11.8. The van der Waals surface area contributed by atoms with Gasteiger partial charge in [0.25, 0.3) is 0 Å². The molecule has 208 valence electrons. The molecule has 44 heavy (non-hydrogen) atoms. The maximum Gasteiger partial charge on any atom is 0.136 e. The Hall–Kier alpha value is -5.60. The van der Waals surface area contributed by atoms with Gasteiger partial charge in [-0.25, -0.2) is 0 Å². The summed E-state index contributed by atoms with van der Waals surface area (Å²) in [5, 5.41) is 7.18. The molecule has 1 unspecified atom stereocenters. The van der Waals surface area contributed by atoms with Crippen molar-refractivity contribution in [2.45, 2.75) is 6.42 Å². The molecule has 9 rings (SSSR count). The van der Waals surface area contributed by atoms with Crippen molar-refractivity contribution in [1.82, 2.24) is 0 Å². The second-order valence-electron chi connectivity index (χ2n) is 11.8. The van der Waals surface area contributed by atoms with Crippen molar-refractivity contribution in [2.75, 3.05) is 4.90 Å². The third-order valence-electron chi connectivity index (χ3n) is 9.14. The van der Waals surface area contributed by atoms with Gasteiger partial charge < -0.3 is 9.32 Å². The van der Waals surface area contributed by atoms with Crippen LogP contribution >= 0.6 is 0 Å². The minimum absolute atomic E-state index is 0.363. The highest BCUT2D eigenvalue weighted by atomic mass is 16.3. The second kappa shape index (κ2) is 10.00. The molecule has 0 amide bonds. The molecule has 0 aliphatic heterocycles. The van der Waals surface area contributed by atoms with Gasteiger partial charge in [-0.1, -0.05) is 103 Å². The van der Waals surface area contributed by atoms with Crippen LogP contribution in [0.2, 0.25) is 0 Å². The molecule has 0 saturated heterocycles. The smallest absolute Gasteiger partial charge is 0.136 e. The van der Waals surface area contributed by atoms with Crippen LogP contribution in [0.5, 0.6) is 0 Å².